The summed E-state index contributed by atoms with van der Waals surface area (Å²) >= 11 is 13.4. The summed E-state index contributed by atoms with van der Waals surface area (Å²) in [5.41, 5.74) is 0.190. The van der Waals surface area contributed by atoms with Crippen molar-refractivity contribution in [2.24, 2.45) is 17.8 Å². The number of hydrogen-bond donors (Lipinski definition) is 1. The topological polar surface area (TPSA) is 150 Å². The van der Waals surface area contributed by atoms with E-state index < -0.39 is 67.4 Å². The van der Waals surface area contributed by atoms with Gasteiger partial charge in [0.05, 0.1) is 11.5 Å². The van der Waals surface area contributed by atoms with Gasteiger partial charge in [-0.05, 0) is 108 Å². The summed E-state index contributed by atoms with van der Waals surface area (Å²) in [6.45, 7) is 0. The van der Waals surface area contributed by atoms with Crippen LogP contribution in [0.2, 0.25) is 0 Å². The summed E-state index contributed by atoms with van der Waals surface area (Å²) in [5.74, 6) is -4.02. The van der Waals surface area contributed by atoms with Crippen LogP contribution >= 0.6 is 93.0 Å². The third-order valence-electron chi connectivity index (χ3n) is 6.70. The maximum Gasteiger partial charge on any atom is 0.340 e. The van der Waals surface area contributed by atoms with Gasteiger partial charge in [-0.1, -0.05) is 15.9 Å². The van der Waals surface area contributed by atoms with Crippen LogP contribution in [-0.2, 0) is 34.0 Å². The second kappa shape index (κ2) is 10.4. The van der Waals surface area contributed by atoms with Gasteiger partial charge in [0.2, 0.25) is 0 Å². The molecule has 204 valence electrons. The summed E-state index contributed by atoms with van der Waals surface area (Å²) in [5, 5.41) is -1.15. The van der Waals surface area contributed by atoms with Crippen molar-refractivity contribution in [1.29, 1.82) is 0 Å². The van der Waals surface area contributed by atoms with Crippen molar-refractivity contribution in [1.82, 2.24) is 0 Å². The highest BCUT2D eigenvalue weighted by atomic mass is 127. The molecule has 17 heteroatoms. The van der Waals surface area contributed by atoms with Gasteiger partial charge >= 0.3 is 11.9 Å². The second-order valence-electron chi connectivity index (χ2n) is 8.83. The van der Waals surface area contributed by atoms with Crippen LogP contribution in [0.3, 0.4) is 0 Å². The SMILES string of the molecule is O=C(OC1C2CC3C1OS(=O)(=O)C3C2C(=O)Oc1cc(I)c(S(=O)(=O)O)c(I)c1)c1c(Br)cc(Br)cc1Br. The first-order valence-corrected chi connectivity index (χ1v) is 18.0. The average molecular weight is 983 g/mol. The zero-order valence-electron chi connectivity index (χ0n) is 18.3. The van der Waals surface area contributed by atoms with E-state index in [1.165, 1.54) is 12.1 Å². The smallest absolute Gasteiger partial charge is 0.340 e. The Labute approximate surface area is 269 Å². The number of hydrogen-bond acceptors (Lipinski definition) is 9. The van der Waals surface area contributed by atoms with Gasteiger partial charge in [0.1, 0.15) is 28.1 Å². The molecule has 2 aromatic rings. The van der Waals surface area contributed by atoms with Crippen LogP contribution < -0.4 is 4.74 Å². The minimum absolute atomic E-state index is 0.0249. The highest BCUT2D eigenvalue weighted by Crippen LogP contribution is 2.59. The van der Waals surface area contributed by atoms with Gasteiger partial charge < -0.3 is 9.47 Å². The van der Waals surface area contributed by atoms with Crippen molar-refractivity contribution < 1.29 is 44.6 Å². The predicted molar refractivity (Wildman–Crippen MR) is 159 cm³/mol. The molecule has 0 spiro atoms. The largest absolute Gasteiger partial charge is 0.456 e. The molecule has 2 bridgehead atoms. The van der Waals surface area contributed by atoms with E-state index in [0.717, 1.165) is 0 Å². The molecule has 1 saturated heterocycles. The Balaban J connectivity index is 1.44. The molecule has 1 aliphatic heterocycles. The van der Waals surface area contributed by atoms with Crippen molar-refractivity contribution in [2.45, 2.75) is 28.8 Å². The summed E-state index contributed by atoms with van der Waals surface area (Å²) in [6.07, 6.45) is -1.64. The van der Waals surface area contributed by atoms with Gasteiger partial charge in [-0.15, -0.1) is 0 Å². The van der Waals surface area contributed by atoms with Crippen molar-refractivity contribution in [3.8, 4) is 5.75 Å². The van der Waals surface area contributed by atoms with Crippen molar-refractivity contribution >= 4 is 125 Å². The number of carbonyl (C=O) groups is 2. The van der Waals surface area contributed by atoms with Gasteiger partial charge in [-0.3, -0.25) is 13.5 Å². The molecule has 2 aliphatic carbocycles. The molecular formula is C21H13Br3I2O10S2. The lowest BCUT2D eigenvalue weighted by molar-refractivity contribution is -0.143. The minimum Gasteiger partial charge on any atom is -0.456 e. The monoisotopic (exact) mass is 980 g/mol. The Hall–Kier alpha value is 0.1000. The molecule has 2 saturated carbocycles. The van der Waals surface area contributed by atoms with Gasteiger partial charge in [-0.25, -0.2) is 4.79 Å². The lowest BCUT2D eigenvalue weighted by Crippen LogP contribution is -2.46. The normalized spacial score (nSPS) is 28.9. The van der Waals surface area contributed by atoms with Crippen LogP contribution in [0.5, 0.6) is 5.75 Å². The molecule has 1 heterocycles. The first-order chi connectivity index (χ1) is 17.6. The summed E-state index contributed by atoms with van der Waals surface area (Å²) in [4.78, 5) is 26.2. The molecule has 6 unspecified atom stereocenters. The molecule has 10 nitrogen and oxygen atoms in total. The van der Waals surface area contributed by atoms with E-state index >= 15 is 0 Å². The Morgan fingerprint density at radius 3 is 2.16 bits per heavy atom. The number of fused-ring (bicyclic) bond motifs is 1. The van der Waals surface area contributed by atoms with E-state index in [0.29, 0.717) is 13.4 Å². The van der Waals surface area contributed by atoms with Crippen molar-refractivity contribution in [3.63, 3.8) is 0 Å². The molecule has 0 aromatic heterocycles. The zero-order chi connectivity index (χ0) is 27.9. The van der Waals surface area contributed by atoms with Crippen LogP contribution in [0.4, 0.5) is 0 Å². The third kappa shape index (κ3) is 5.13. The van der Waals surface area contributed by atoms with Crippen LogP contribution in [0.15, 0.2) is 42.6 Å². The Morgan fingerprint density at radius 1 is 1.03 bits per heavy atom. The molecular weight excluding hydrogens is 970 g/mol. The standard InChI is InChI=1S/C21H13Br3I2O10S2/c22-6-1-10(23)15(11(24)2-6)21(28)35-16-8-5-9-17(16)36-38(32,33)18(9)14(8)20(27)34-7-3-12(25)19(13(26)4-7)37(29,30)31/h1-4,8-9,14,16-18H,5H2,(H,29,30,31). The van der Waals surface area contributed by atoms with E-state index in [1.807, 2.05) is 0 Å². The molecule has 6 atom stereocenters. The molecule has 38 heavy (non-hydrogen) atoms. The van der Waals surface area contributed by atoms with Crippen LogP contribution in [0.25, 0.3) is 0 Å². The fourth-order valence-corrected chi connectivity index (χ4v) is 14.0. The van der Waals surface area contributed by atoms with Gasteiger partial charge in [0, 0.05) is 32.4 Å². The number of rotatable bonds is 5. The fraction of sp³-hybridized carbons (Fsp3) is 0.333. The molecule has 1 N–H and O–H groups in total. The fourth-order valence-electron chi connectivity index (χ4n) is 5.40. The second-order valence-corrected chi connectivity index (χ2v) is 16.9. The summed E-state index contributed by atoms with van der Waals surface area (Å²) in [7, 11) is -8.66. The van der Waals surface area contributed by atoms with E-state index in [2.05, 4.69) is 47.8 Å². The van der Waals surface area contributed by atoms with Crippen LogP contribution in [0.1, 0.15) is 16.8 Å². The first-order valence-electron chi connectivity index (χ1n) is 10.6. The lowest BCUT2D eigenvalue weighted by atomic mass is 9.84. The first kappa shape index (κ1) is 29.6. The van der Waals surface area contributed by atoms with Crippen molar-refractivity contribution in [3.05, 3.63) is 50.4 Å². The van der Waals surface area contributed by atoms with Crippen LogP contribution in [-0.4, -0.2) is 50.8 Å². The molecule has 0 amide bonds. The van der Waals surface area contributed by atoms with E-state index in [1.54, 1.807) is 57.3 Å². The molecule has 3 fully saturated rings. The number of carbonyl (C=O) groups excluding carboxylic acids is 2. The molecule has 3 aliphatic rings. The van der Waals surface area contributed by atoms with Gasteiger partial charge in [0.15, 0.2) is 0 Å². The number of halogens is 5. The Morgan fingerprint density at radius 2 is 1.61 bits per heavy atom. The number of benzene rings is 2. The minimum atomic E-state index is -4.51. The quantitative estimate of drug-likeness (QED) is 0.144. The van der Waals surface area contributed by atoms with E-state index in [9.17, 15) is 31.0 Å². The van der Waals surface area contributed by atoms with E-state index in [-0.39, 0.29) is 29.8 Å². The van der Waals surface area contributed by atoms with Crippen LogP contribution in [0, 0.1) is 24.9 Å². The third-order valence-corrected chi connectivity index (χ3v) is 13.6. The molecule has 5 rings (SSSR count). The highest BCUT2D eigenvalue weighted by molar-refractivity contribution is 14.1. The number of ether oxygens (including phenoxy) is 2. The molecule has 0 radical (unpaired) electrons. The Bertz CT molecular complexity index is 1570. The summed E-state index contributed by atoms with van der Waals surface area (Å²) < 4.78 is 76.9. The predicted octanol–water partition coefficient (Wildman–Crippen LogP) is 4.92. The lowest BCUT2D eigenvalue weighted by Gasteiger charge is -2.30. The molecule has 2 aromatic carbocycles. The number of esters is 2. The van der Waals surface area contributed by atoms with Gasteiger partial charge in [-0.2, -0.15) is 16.8 Å². The summed E-state index contributed by atoms with van der Waals surface area (Å²) in [6, 6.07) is 5.81. The van der Waals surface area contributed by atoms with E-state index in [4.69, 9.17) is 13.7 Å². The van der Waals surface area contributed by atoms with Crippen molar-refractivity contribution in [2.75, 3.05) is 0 Å². The highest BCUT2D eigenvalue weighted by Gasteiger charge is 2.72. The Kier molecular flexibility index (Phi) is 8.12. The maximum absolute atomic E-state index is 13.4. The van der Waals surface area contributed by atoms with Gasteiger partial charge in [0.25, 0.3) is 20.2 Å². The zero-order valence-corrected chi connectivity index (χ0v) is 29.0. The average Bonchev–Trinajstić information content (AvgIpc) is 3.34. The maximum atomic E-state index is 13.4.